The summed E-state index contributed by atoms with van der Waals surface area (Å²) in [6, 6.07) is 5.86. The van der Waals surface area contributed by atoms with Crippen molar-refractivity contribution in [3.63, 3.8) is 0 Å². The highest BCUT2D eigenvalue weighted by Crippen LogP contribution is 2.22. The fourth-order valence-electron chi connectivity index (χ4n) is 1.67. The van der Waals surface area contributed by atoms with Crippen LogP contribution < -0.4 is 5.73 Å². The smallest absolute Gasteiger partial charge is 0.162 e. The van der Waals surface area contributed by atoms with Crippen molar-refractivity contribution < 1.29 is 4.79 Å². The van der Waals surface area contributed by atoms with E-state index in [1.54, 1.807) is 0 Å². The van der Waals surface area contributed by atoms with Crippen LogP contribution in [0.15, 0.2) is 30.5 Å². The molecule has 1 aromatic rings. The summed E-state index contributed by atoms with van der Waals surface area (Å²) < 4.78 is 0. The summed E-state index contributed by atoms with van der Waals surface area (Å²) in [5.41, 5.74) is 9.25. The Bertz CT molecular complexity index is 421. The van der Waals surface area contributed by atoms with Crippen LogP contribution in [0, 0.1) is 6.92 Å². The highest BCUT2D eigenvalue weighted by Gasteiger charge is 2.11. The number of nitrogens with two attached hydrogens (primary N) is 1. The molecule has 0 aromatic heterocycles. The first-order valence-corrected chi connectivity index (χ1v) is 5.55. The zero-order valence-corrected chi connectivity index (χ0v) is 10.2. The molecule has 0 aliphatic rings. The summed E-state index contributed by atoms with van der Waals surface area (Å²) in [7, 11) is 0. The van der Waals surface area contributed by atoms with Gasteiger partial charge in [0, 0.05) is 23.6 Å². The van der Waals surface area contributed by atoms with E-state index in [1.165, 1.54) is 0 Å². The van der Waals surface area contributed by atoms with E-state index in [4.69, 9.17) is 5.73 Å². The van der Waals surface area contributed by atoms with Gasteiger partial charge in [-0.15, -0.1) is 0 Å². The second-order valence-electron chi connectivity index (χ2n) is 4.15. The van der Waals surface area contributed by atoms with Gasteiger partial charge in [-0.2, -0.15) is 0 Å². The molecule has 0 aliphatic heterocycles. The molecule has 1 atom stereocenters. The molecule has 0 amide bonds. The Hall–Kier alpha value is -1.57. The standard InChI is InChI=1S/C14H19NO/c1-5-14(16)13-7-6-12(8-9(13)2)10(3)11(4)15/h6-8,10H,4-5,15H2,1-3H3. The summed E-state index contributed by atoms with van der Waals surface area (Å²) in [4.78, 5) is 11.6. The average molecular weight is 217 g/mol. The summed E-state index contributed by atoms with van der Waals surface area (Å²) >= 11 is 0. The minimum atomic E-state index is 0.129. The van der Waals surface area contributed by atoms with Gasteiger partial charge in [0.25, 0.3) is 0 Å². The van der Waals surface area contributed by atoms with E-state index >= 15 is 0 Å². The molecule has 0 radical (unpaired) electrons. The predicted octanol–water partition coefficient (Wildman–Crippen LogP) is 3.16. The van der Waals surface area contributed by atoms with E-state index in [-0.39, 0.29) is 11.7 Å². The first kappa shape index (κ1) is 12.5. The molecule has 0 saturated carbocycles. The van der Waals surface area contributed by atoms with E-state index in [0.29, 0.717) is 12.1 Å². The Kier molecular flexibility index (Phi) is 3.88. The Balaban J connectivity index is 3.08. The van der Waals surface area contributed by atoms with Gasteiger partial charge in [0.05, 0.1) is 0 Å². The van der Waals surface area contributed by atoms with Gasteiger partial charge >= 0.3 is 0 Å². The topological polar surface area (TPSA) is 43.1 Å². The fourth-order valence-corrected chi connectivity index (χ4v) is 1.67. The third-order valence-corrected chi connectivity index (χ3v) is 2.93. The van der Waals surface area contributed by atoms with Crippen molar-refractivity contribution in [3.8, 4) is 0 Å². The molecule has 0 aliphatic carbocycles. The Labute approximate surface area is 97.2 Å². The lowest BCUT2D eigenvalue weighted by atomic mass is 9.93. The molecule has 0 saturated heterocycles. The first-order valence-electron chi connectivity index (χ1n) is 5.55. The van der Waals surface area contributed by atoms with Crippen LogP contribution in [-0.2, 0) is 0 Å². The van der Waals surface area contributed by atoms with Gasteiger partial charge in [-0.1, -0.05) is 38.6 Å². The molecule has 0 fully saturated rings. The molecule has 16 heavy (non-hydrogen) atoms. The Morgan fingerprint density at radius 3 is 2.56 bits per heavy atom. The summed E-state index contributed by atoms with van der Waals surface area (Å²) in [5.74, 6) is 0.313. The molecular weight excluding hydrogens is 198 g/mol. The summed E-state index contributed by atoms with van der Waals surface area (Å²) in [5, 5.41) is 0. The zero-order chi connectivity index (χ0) is 12.3. The maximum atomic E-state index is 11.6. The summed E-state index contributed by atoms with van der Waals surface area (Å²) in [6.07, 6.45) is 0.541. The minimum absolute atomic E-state index is 0.129. The number of allylic oxidation sites excluding steroid dienone is 1. The molecular formula is C14H19NO. The predicted molar refractivity (Wildman–Crippen MR) is 67.5 cm³/mol. The van der Waals surface area contributed by atoms with Crippen LogP contribution in [0.3, 0.4) is 0 Å². The molecule has 2 nitrogen and oxygen atoms in total. The van der Waals surface area contributed by atoms with Crippen molar-refractivity contribution in [2.75, 3.05) is 0 Å². The fraction of sp³-hybridized carbons (Fsp3) is 0.357. The lowest BCUT2D eigenvalue weighted by molar-refractivity contribution is 0.0987. The lowest BCUT2D eigenvalue weighted by Crippen LogP contribution is -2.07. The van der Waals surface area contributed by atoms with Crippen molar-refractivity contribution in [1.29, 1.82) is 0 Å². The van der Waals surface area contributed by atoms with E-state index in [2.05, 4.69) is 6.58 Å². The largest absolute Gasteiger partial charge is 0.402 e. The van der Waals surface area contributed by atoms with Crippen LogP contribution >= 0.6 is 0 Å². The molecule has 0 spiro atoms. The highest BCUT2D eigenvalue weighted by atomic mass is 16.1. The first-order chi connectivity index (χ1) is 7.47. The second-order valence-corrected chi connectivity index (χ2v) is 4.15. The van der Waals surface area contributed by atoms with Crippen LogP contribution in [0.2, 0.25) is 0 Å². The Morgan fingerprint density at radius 2 is 2.12 bits per heavy atom. The van der Waals surface area contributed by atoms with Crippen molar-refractivity contribution in [3.05, 3.63) is 47.2 Å². The van der Waals surface area contributed by atoms with Crippen LogP contribution in [0.1, 0.15) is 47.7 Å². The van der Waals surface area contributed by atoms with Crippen LogP contribution in [-0.4, -0.2) is 5.78 Å². The number of aryl methyl sites for hydroxylation is 1. The molecule has 2 heteroatoms. The van der Waals surface area contributed by atoms with Crippen molar-refractivity contribution in [2.24, 2.45) is 5.73 Å². The molecule has 0 heterocycles. The van der Waals surface area contributed by atoms with Crippen LogP contribution in [0.25, 0.3) is 0 Å². The van der Waals surface area contributed by atoms with Crippen molar-refractivity contribution >= 4 is 5.78 Å². The number of hydrogen-bond acceptors (Lipinski definition) is 2. The maximum Gasteiger partial charge on any atom is 0.162 e. The van der Waals surface area contributed by atoms with Crippen molar-refractivity contribution in [1.82, 2.24) is 0 Å². The van der Waals surface area contributed by atoms with E-state index in [1.807, 2.05) is 39.0 Å². The normalized spacial score (nSPS) is 12.2. The van der Waals surface area contributed by atoms with E-state index in [0.717, 1.165) is 16.7 Å². The quantitative estimate of drug-likeness (QED) is 0.787. The van der Waals surface area contributed by atoms with Crippen LogP contribution in [0.5, 0.6) is 0 Å². The second kappa shape index (κ2) is 4.97. The highest BCUT2D eigenvalue weighted by molar-refractivity contribution is 5.97. The third kappa shape index (κ3) is 2.51. The number of benzene rings is 1. The van der Waals surface area contributed by atoms with E-state index < -0.39 is 0 Å². The molecule has 86 valence electrons. The molecule has 2 N–H and O–H groups in total. The summed E-state index contributed by atoms with van der Waals surface area (Å²) in [6.45, 7) is 9.59. The number of rotatable bonds is 4. The van der Waals surface area contributed by atoms with Crippen molar-refractivity contribution in [2.45, 2.75) is 33.1 Å². The molecule has 1 rings (SSSR count). The van der Waals surface area contributed by atoms with Gasteiger partial charge in [0.15, 0.2) is 5.78 Å². The molecule has 1 aromatic carbocycles. The Morgan fingerprint density at radius 1 is 1.50 bits per heavy atom. The SMILES string of the molecule is C=C(N)C(C)c1ccc(C(=O)CC)c(C)c1. The van der Waals surface area contributed by atoms with Gasteiger partial charge in [-0.3, -0.25) is 4.79 Å². The number of ketones is 1. The number of carbonyl (C=O) groups excluding carboxylic acids is 1. The van der Waals surface area contributed by atoms with Gasteiger partial charge < -0.3 is 5.73 Å². The zero-order valence-electron chi connectivity index (χ0n) is 10.2. The minimum Gasteiger partial charge on any atom is -0.402 e. The third-order valence-electron chi connectivity index (χ3n) is 2.93. The molecule has 1 unspecified atom stereocenters. The number of Topliss-reactive ketones (excluding diaryl/α,β-unsaturated/α-hetero) is 1. The van der Waals surface area contributed by atoms with Gasteiger partial charge in [0.2, 0.25) is 0 Å². The lowest BCUT2D eigenvalue weighted by Gasteiger charge is -2.13. The van der Waals surface area contributed by atoms with Crippen LogP contribution in [0.4, 0.5) is 0 Å². The van der Waals surface area contributed by atoms with Gasteiger partial charge in [0.1, 0.15) is 0 Å². The average Bonchev–Trinajstić information content (AvgIpc) is 2.26. The monoisotopic (exact) mass is 217 g/mol. The van der Waals surface area contributed by atoms with Gasteiger partial charge in [-0.25, -0.2) is 0 Å². The molecule has 0 bridgehead atoms. The number of carbonyl (C=O) groups is 1. The maximum absolute atomic E-state index is 11.6. The number of hydrogen-bond donors (Lipinski definition) is 1. The van der Waals surface area contributed by atoms with Gasteiger partial charge in [-0.05, 0) is 18.1 Å². The van der Waals surface area contributed by atoms with E-state index in [9.17, 15) is 4.79 Å².